The summed E-state index contributed by atoms with van der Waals surface area (Å²) in [4.78, 5) is 4.74. The van der Waals surface area contributed by atoms with Gasteiger partial charge in [-0.2, -0.15) is 0 Å². The first-order valence-corrected chi connectivity index (χ1v) is 6.96. The zero-order chi connectivity index (χ0) is 13.2. The first kappa shape index (κ1) is 12.4. The summed E-state index contributed by atoms with van der Waals surface area (Å²) < 4.78 is 2.22. The number of imidazole rings is 1. The van der Waals surface area contributed by atoms with Crippen LogP contribution in [0.25, 0.3) is 0 Å². The molecule has 0 saturated heterocycles. The van der Waals surface area contributed by atoms with Gasteiger partial charge >= 0.3 is 0 Å². The Balaban J connectivity index is 1.80. The van der Waals surface area contributed by atoms with Crippen LogP contribution in [0.4, 0.5) is 0 Å². The van der Waals surface area contributed by atoms with E-state index in [4.69, 9.17) is 4.98 Å². The molecular formula is C16H20N2O. The van der Waals surface area contributed by atoms with Gasteiger partial charge in [-0.15, -0.1) is 0 Å². The summed E-state index contributed by atoms with van der Waals surface area (Å²) in [5, 5.41) is 9.26. The van der Waals surface area contributed by atoms with E-state index < -0.39 is 0 Å². The third-order valence-electron chi connectivity index (χ3n) is 4.03. The summed E-state index contributed by atoms with van der Waals surface area (Å²) >= 11 is 0. The molecule has 100 valence electrons. The van der Waals surface area contributed by atoms with Crippen molar-refractivity contribution in [2.45, 2.75) is 32.7 Å². The summed E-state index contributed by atoms with van der Waals surface area (Å²) in [5.41, 5.74) is 3.81. The Bertz CT molecular complexity index is 574. The number of aliphatic hydroxyl groups excluding tert-OH is 1. The van der Waals surface area contributed by atoms with Gasteiger partial charge in [0, 0.05) is 38.1 Å². The lowest BCUT2D eigenvalue weighted by Crippen LogP contribution is -2.22. The summed E-state index contributed by atoms with van der Waals surface area (Å²) in [6.07, 6.45) is 5.09. The molecule has 3 rings (SSSR count). The monoisotopic (exact) mass is 256 g/mol. The van der Waals surface area contributed by atoms with Crippen LogP contribution in [0, 0.1) is 12.8 Å². The molecule has 0 spiro atoms. The molecule has 3 nitrogen and oxygen atoms in total. The molecule has 1 N–H and O–H groups in total. The molecule has 1 aromatic heterocycles. The first-order valence-electron chi connectivity index (χ1n) is 6.96. The number of hydrogen-bond acceptors (Lipinski definition) is 2. The fraction of sp³-hybridized carbons (Fsp3) is 0.438. The van der Waals surface area contributed by atoms with Crippen molar-refractivity contribution in [3.8, 4) is 0 Å². The molecule has 0 radical (unpaired) electrons. The van der Waals surface area contributed by atoms with Gasteiger partial charge in [0.1, 0.15) is 5.82 Å². The maximum atomic E-state index is 9.26. The second kappa shape index (κ2) is 5.17. The number of aromatic nitrogens is 2. The van der Waals surface area contributed by atoms with Crippen LogP contribution >= 0.6 is 0 Å². The molecule has 1 atom stereocenters. The number of aryl methyl sites for hydroxylation is 2. The van der Waals surface area contributed by atoms with Crippen LogP contribution in [-0.4, -0.2) is 21.3 Å². The van der Waals surface area contributed by atoms with Crippen LogP contribution in [0.5, 0.6) is 0 Å². The van der Waals surface area contributed by atoms with Crippen LogP contribution in [0.2, 0.25) is 0 Å². The fourth-order valence-corrected chi connectivity index (χ4v) is 2.81. The van der Waals surface area contributed by atoms with Crippen molar-refractivity contribution >= 4 is 0 Å². The van der Waals surface area contributed by atoms with Crippen molar-refractivity contribution in [1.29, 1.82) is 0 Å². The average molecular weight is 256 g/mol. The van der Waals surface area contributed by atoms with E-state index >= 15 is 0 Å². The number of nitrogens with zero attached hydrogens (tertiary/aromatic N) is 2. The zero-order valence-electron chi connectivity index (χ0n) is 11.3. The van der Waals surface area contributed by atoms with Crippen LogP contribution in [0.3, 0.4) is 0 Å². The van der Waals surface area contributed by atoms with Crippen LogP contribution in [-0.2, 0) is 19.4 Å². The van der Waals surface area contributed by atoms with E-state index in [-0.39, 0.29) is 6.61 Å². The van der Waals surface area contributed by atoms with Crippen molar-refractivity contribution in [3.63, 3.8) is 0 Å². The summed E-state index contributed by atoms with van der Waals surface area (Å²) in [6, 6.07) is 8.47. The minimum absolute atomic E-state index is 0.282. The Morgan fingerprint density at radius 1 is 1.37 bits per heavy atom. The Labute approximate surface area is 113 Å². The van der Waals surface area contributed by atoms with E-state index in [2.05, 4.69) is 42.0 Å². The third-order valence-corrected chi connectivity index (χ3v) is 4.03. The number of benzene rings is 1. The predicted octanol–water partition coefficient (Wildman–Crippen LogP) is 2.34. The molecule has 0 bridgehead atoms. The van der Waals surface area contributed by atoms with E-state index in [0.717, 1.165) is 31.5 Å². The van der Waals surface area contributed by atoms with Crippen LogP contribution in [0.15, 0.2) is 30.5 Å². The van der Waals surface area contributed by atoms with Crippen LogP contribution in [0.1, 0.15) is 29.1 Å². The molecule has 1 aliphatic heterocycles. The molecule has 0 saturated carbocycles. The number of fused-ring (bicyclic) bond motifs is 1. The van der Waals surface area contributed by atoms with Gasteiger partial charge in [-0.25, -0.2) is 4.98 Å². The van der Waals surface area contributed by atoms with Crippen molar-refractivity contribution < 1.29 is 5.11 Å². The summed E-state index contributed by atoms with van der Waals surface area (Å²) in [7, 11) is 0. The molecule has 3 heteroatoms. The van der Waals surface area contributed by atoms with Gasteiger partial charge in [-0.05, 0) is 24.5 Å². The quantitative estimate of drug-likeness (QED) is 0.915. The molecule has 0 fully saturated rings. The molecule has 2 heterocycles. The van der Waals surface area contributed by atoms with Gasteiger partial charge in [0.25, 0.3) is 0 Å². The number of aliphatic hydroxyl groups is 1. The largest absolute Gasteiger partial charge is 0.396 e. The highest BCUT2D eigenvalue weighted by Gasteiger charge is 2.19. The minimum atomic E-state index is 0.282. The van der Waals surface area contributed by atoms with E-state index in [1.54, 1.807) is 0 Å². The summed E-state index contributed by atoms with van der Waals surface area (Å²) in [5.74, 6) is 1.57. The summed E-state index contributed by atoms with van der Waals surface area (Å²) in [6.45, 7) is 3.34. The normalized spacial score (nSPS) is 18.3. The highest BCUT2D eigenvalue weighted by molar-refractivity contribution is 5.29. The molecule has 0 aliphatic carbocycles. The van der Waals surface area contributed by atoms with E-state index in [0.29, 0.717) is 5.92 Å². The molecule has 0 amide bonds. The van der Waals surface area contributed by atoms with Crippen molar-refractivity contribution in [2.24, 2.45) is 5.92 Å². The predicted molar refractivity (Wildman–Crippen MR) is 75.1 cm³/mol. The molecule has 1 aromatic carbocycles. The lowest BCUT2D eigenvalue weighted by molar-refractivity contribution is 0.190. The first-order chi connectivity index (χ1) is 9.26. The number of hydrogen-bond donors (Lipinski definition) is 1. The molecule has 1 unspecified atom stereocenters. The topological polar surface area (TPSA) is 38.0 Å². The fourth-order valence-electron chi connectivity index (χ4n) is 2.81. The smallest absolute Gasteiger partial charge is 0.108 e. The van der Waals surface area contributed by atoms with Crippen molar-refractivity contribution in [2.75, 3.05) is 6.61 Å². The van der Waals surface area contributed by atoms with E-state index in [9.17, 15) is 5.11 Å². The van der Waals surface area contributed by atoms with Gasteiger partial charge in [0.05, 0.1) is 5.69 Å². The van der Waals surface area contributed by atoms with Gasteiger partial charge < -0.3 is 9.67 Å². The number of rotatable bonds is 3. The maximum Gasteiger partial charge on any atom is 0.108 e. The van der Waals surface area contributed by atoms with Crippen LogP contribution < -0.4 is 0 Å². The SMILES string of the molecule is Cc1ccccc1Cc1cn2c(n1)CCC(CO)C2. The average Bonchev–Trinajstić information content (AvgIpc) is 2.82. The van der Waals surface area contributed by atoms with Crippen molar-refractivity contribution in [3.05, 3.63) is 53.1 Å². The zero-order valence-corrected chi connectivity index (χ0v) is 11.3. The Kier molecular flexibility index (Phi) is 3.38. The van der Waals surface area contributed by atoms with Gasteiger partial charge in [-0.1, -0.05) is 24.3 Å². The Morgan fingerprint density at radius 3 is 3.00 bits per heavy atom. The molecule has 2 aromatic rings. The van der Waals surface area contributed by atoms with Gasteiger partial charge in [0.2, 0.25) is 0 Å². The van der Waals surface area contributed by atoms with Crippen molar-refractivity contribution in [1.82, 2.24) is 9.55 Å². The Morgan fingerprint density at radius 2 is 2.21 bits per heavy atom. The lowest BCUT2D eigenvalue weighted by atomic mass is 10.0. The molecule has 19 heavy (non-hydrogen) atoms. The standard InChI is InChI=1S/C16H20N2O/c1-12-4-2-3-5-14(12)8-15-10-18-9-13(11-19)6-7-16(18)17-15/h2-5,10,13,19H,6-9,11H2,1H3. The second-order valence-corrected chi connectivity index (χ2v) is 5.49. The minimum Gasteiger partial charge on any atom is -0.396 e. The molecule has 1 aliphatic rings. The maximum absolute atomic E-state index is 9.26. The van der Waals surface area contributed by atoms with Gasteiger partial charge in [0.15, 0.2) is 0 Å². The van der Waals surface area contributed by atoms with E-state index in [1.165, 1.54) is 17.0 Å². The highest BCUT2D eigenvalue weighted by Crippen LogP contribution is 2.21. The van der Waals surface area contributed by atoms with E-state index in [1.807, 2.05) is 0 Å². The highest BCUT2D eigenvalue weighted by atomic mass is 16.3. The molecular weight excluding hydrogens is 236 g/mol. The second-order valence-electron chi connectivity index (χ2n) is 5.49. The van der Waals surface area contributed by atoms with Gasteiger partial charge in [-0.3, -0.25) is 0 Å². The lowest BCUT2D eigenvalue weighted by Gasteiger charge is -2.21. The Hall–Kier alpha value is -1.61. The third kappa shape index (κ3) is 2.56.